The monoisotopic (exact) mass is 403 g/mol. The van der Waals surface area contributed by atoms with Gasteiger partial charge in [-0.3, -0.25) is 0 Å². The Balaban J connectivity index is 1.70. The molecule has 0 aliphatic carbocycles. The molecular weight excluding hydrogens is 384 g/mol. The maximum absolute atomic E-state index is 3.73. The number of para-hydroxylation sites is 2. The van der Waals surface area contributed by atoms with Gasteiger partial charge in [0.2, 0.25) is 0 Å². The highest BCUT2D eigenvalue weighted by molar-refractivity contribution is 6.35. The maximum atomic E-state index is 3.73. The molecule has 6 rings (SSSR count). The van der Waals surface area contributed by atoms with Crippen molar-refractivity contribution in [2.45, 2.75) is 0 Å². The van der Waals surface area contributed by atoms with Gasteiger partial charge in [0.1, 0.15) is 0 Å². The molecule has 0 aliphatic heterocycles. The van der Waals surface area contributed by atoms with E-state index in [0.717, 1.165) is 32.6 Å². The van der Waals surface area contributed by atoms with Crippen molar-refractivity contribution in [1.82, 2.24) is 9.35 Å². The fourth-order valence-electron chi connectivity index (χ4n) is 4.49. The van der Waals surface area contributed by atoms with Crippen molar-refractivity contribution >= 4 is 85.0 Å². The highest BCUT2D eigenvalue weighted by Gasteiger charge is 2.14. The number of hydrogen-bond donors (Lipinski definition) is 1. The Bertz CT molecular complexity index is 1450. The van der Waals surface area contributed by atoms with Crippen molar-refractivity contribution in [2.75, 3.05) is 5.53 Å². The minimum Gasteiger partial charge on any atom is -0.240 e. The smallest absolute Gasteiger partial charge is 0.240 e. The maximum Gasteiger partial charge on any atom is 0.258 e. The van der Waals surface area contributed by atoms with E-state index in [1.54, 1.807) is 0 Å². The Morgan fingerprint density at radius 3 is 1.38 bits per heavy atom. The van der Waals surface area contributed by atoms with Crippen LogP contribution in [0.15, 0.2) is 84.9 Å². The molecule has 29 heavy (non-hydrogen) atoms. The second-order valence-corrected chi connectivity index (χ2v) is 10.2. The summed E-state index contributed by atoms with van der Waals surface area (Å²) >= 11 is 2.12. The first-order valence-electron chi connectivity index (χ1n) is 9.97. The molecule has 3 nitrogen and oxygen atoms in total. The zero-order valence-corrected chi connectivity index (χ0v) is 20.5. The molecule has 0 amide bonds. The molecular formula is C24H19Al2N3. The molecule has 2 aromatic heterocycles. The molecule has 6 aromatic rings. The Hall–Kier alpha value is -2.66. The number of hydrogen-bond acceptors (Lipinski definition) is 1. The third-order valence-electron chi connectivity index (χ3n) is 5.86. The molecule has 0 unspecified atom stereocenters. The van der Waals surface area contributed by atoms with Crippen LogP contribution in [0, 0.1) is 0 Å². The number of benzene rings is 4. The summed E-state index contributed by atoms with van der Waals surface area (Å²) in [5.41, 5.74) is 8.53. The first-order valence-corrected chi connectivity index (χ1v) is 12.0. The summed E-state index contributed by atoms with van der Waals surface area (Å²) < 4.78 is 7.30. The average Bonchev–Trinajstić information content (AvgIpc) is 3.22. The summed E-state index contributed by atoms with van der Waals surface area (Å²) in [6.45, 7) is 0. The van der Waals surface area contributed by atoms with Gasteiger partial charge in [-0.05, 0) is 24.3 Å². The van der Waals surface area contributed by atoms with Crippen molar-refractivity contribution < 1.29 is 0 Å². The minimum absolute atomic E-state index is 1.06. The van der Waals surface area contributed by atoms with E-state index in [-0.39, 0.29) is 0 Å². The summed E-state index contributed by atoms with van der Waals surface area (Å²) in [6.07, 6.45) is 0. The van der Waals surface area contributed by atoms with Crippen LogP contribution in [-0.4, -0.2) is 41.9 Å². The minimum atomic E-state index is 1.06. The summed E-state index contributed by atoms with van der Waals surface area (Å²) in [5.74, 6) is 0. The van der Waals surface area contributed by atoms with Gasteiger partial charge in [-0.25, -0.2) is 14.9 Å². The van der Waals surface area contributed by atoms with Crippen LogP contribution >= 0.6 is 0 Å². The number of rotatable bonds is 2. The standard InChI is InChI=1S/C24H15N3.2Al.4H/c1-5-13-21-17(9-1)18-10-2-6-14-22(18)26(21)25-27-23-15-7-3-11-19(23)20-12-4-8-16-24(20)27;;;;;;/h1-2,5-16,25H;;;;;;. The Labute approximate surface area is 184 Å². The molecule has 0 atom stereocenters. The summed E-state index contributed by atoms with van der Waals surface area (Å²) in [6, 6.07) is 30.9. The van der Waals surface area contributed by atoms with Gasteiger partial charge >= 0.3 is 0 Å². The van der Waals surface area contributed by atoms with E-state index in [9.17, 15) is 0 Å². The average molecular weight is 403 g/mol. The van der Waals surface area contributed by atoms with Crippen LogP contribution in [0.4, 0.5) is 0 Å². The third-order valence-corrected chi connectivity index (χ3v) is 7.10. The van der Waals surface area contributed by atoms with Gasteiger partial charge in [0, 0.05) is 21.5 Å². The lowest BCUT2D eigenvalue weighted by Gasteiger charge is -2.15. The molecule has 4 aromatic carbocycles. The van der Waals surface area contributed by atoms with E-state index in [1.807, 2.05) is 0 Å². The predicted octanol–water partition coefficient (Wildman–Crippen LogP) is 2.43. The molecule has 5 heteroatoms. The molecule has 1 N–H and O–H groups in total. The van der Waals surface area contributed by atoms with Gasteiger partial charge in [0.15, 0.2) is 0 Å². The van der Waals surface area contributed by atoms with Crippen molar-refractivity contribution in [1.29, 1.82) is 0 Å². The van der Waals surface area contributed by atoms with Gasteiger partial charge in [0.25, 0.3) is 32.6 Å². The molecule has 0 spiro atoms. The van der Waals surface area contributed by atoms with E-state index in [0.29, 0.717) is 0 Å². The number of fused-ring (bicyclic) bond motifs is 6. The SMILES string of the molecule is [AlH2][c]1ccc2c(c1)c1c[c]([AlH2])ccc1n2Nn1c2ccccc2c2ccccc21. The van der Waals surface area contributed by atoms with E-state index in [4.69, 9.17) is 0 Å². The number of aromatic nitrogens is 2. The van der Waals surface area contributed by atoms with Gasteiger partial charge in [-0.2, -0.15) is 0 Å². The Morgan fingerprint density at radius 2 is 0.897 bits per heavy atom. The first kappa shape index (κ1) is 17.2. The van der Waals surface area contributed by atoms with Crippen molar-refractivity contribution in [3.63, 3.8) is 0 Å². The summed E-state index contributed by atoms with van der Waals surface area (Å²) in [5, 5.41) is 5.19. The Morgan fingerprint density at radius 1 is 0.483 bits per heavy atom. The molecule has 0 aliphatic rings. The van der Waals surface area contributed by atoms with E-state index < -0.39 is 0 Å². The second kappa shape index (κ2) is 6.43. The van der Waals surface area contributed by atoms with Crippen LogP contribution in [0.3, 0.4) is 0 Å². The second-order valence-electron chi connectivity index (χ2n) is 7.85. The van der Waals surface area contributed by atoms with Crippen LogP contribution in [-0.2, 0) is 0 Å². The molecule has 0 saturated heterocycles. The van der Waals surface area contributed by atoms with Gasteiger partial charge in [-0.15, -0.1) is 8.85 Å². The number of nitrogens with zero attached hydrogens (tertiary/aromatic N) is 2. The summed E-state index contributed by atoms with van der Waals surface area (Å²) in [7, 11) is 0. The lowest BCUT2D eigenvalue weighted by atomic mass is 10.1. The predicted molar refractivity (Wildman–Crippen MR) is 130 cm³/mol. The van der Waals surface area contributed by atoms with Gasteiger partial charge in [-0.1, -0.05) is 60.7 Å². The van der Waals surface area contributed by atoms with Crippen molar-refractivity contribution in [2.24, 2.45) is 0 Å². The van der Waals surface area contributed by atoms with E-state index in [2.05, 4.69) is 99.8 Å². The van der Waals surface area contributed by atoms with Crippen LogP contribution in [0.25, 0.3) is 43.6 Å². The quantitative estimate of drug-likeness (QED) is 0.441. The van der Waals surface area contributed by atoms with Gasteiger partial charge in [0.05, 0.1) is 22.1 Å². The van der Waals surface area contributed by atoms with E-state index in [1.165, 1.54) is 52.5 Å². The number of nitrogens with one attached hydrogen (secondary N) is 1. The Kier molecular flexibility index (Phi) is 3.82. The summed E-state index contributed by atoms with van der Waals surface area (Å²) in [4.78, 5) is 0. The molecule has 0 saturated carbocycles. The first-order chi connectivity index (χ1) is 14.2. The van der Waals surface area contributed by atoms with Crippen LogP contribution in [0.2, 0.25) is 0 Å². The van der Waals surface area contributed by atoms with Crippen LogP contribution in [0.1, 0.15) is 0 Å². The fraction of sp³-hybridized carbons (Fsp3) is 0. The zero-order valence-electron chi connectivity index (χ0n) is 16.5. The molecule has 2 heterocycles. The highest BCUT2D eigenvalue weighted by Crippen LogP contribution is 2.30. The fourth-order valence-corrected chi connectivity index (χ4v) is 5.40. The van der Waals surface area contributed by atoms with Gasteiger partial charge < -0.3 is 0 Å². The normalized spacial score (nSPS) is 11.7. The molecule has 136 valence electrons. The van der Waals surface area contributed by atoms with Crippen molar-refractivity contribution in [3.05, 3.63) is 84.9 Å². The molecule has 0 fully saturated rings. The largest absolute Gasteiger partial charge is 0.258 e. The topological polar surface area (TPSA) is 21.9 Å². The third kappa shape index (κ3) is 2.57. The lowest BCUT2D eigenvalue weighted by molar-refractivity contribution is 0.839. The zero-order chi connectivity index (χ0) is 19.5. The van der Waals surface area contributed by atoms with Crippen molar-refractivity contribution in [3.8, 4) is 0 Å². The highest BCUT2D eigenvalue weighted by atomic mass is 27.1. The van der Waals surface area contributed by atoms with E-state index >= 15 is 0 Å². The molecule has 0 bridgehead atoms. The van der Waals surface area contributed by atoms with Crippen LogP contribution in [0.5, 0.6) is 0 Å². The lowest BCUT2D eigenvalue weighted by Crippen LogP contribution is -2.20. The van der Waals surface area contributed by atoms with Crippen LogP contribution < -0.4 is 14.4 Å². The molecule has 0 radical (unpaired) electrons.